The smallest absolute Gasteiger partial charge is 0.223 e. The molecule has 0 N–H and O–H groups in total. The van der Waals surface area contributed by atoms with E-state index >= 15 is 0 Å². The highest BCUT2D eigenvalue weighted by Gasteiger charge is 2.27. The Morgan fingerprint density at radius 2 is 2.04 bits per heavy atom. The molecule has 2 rings (SSSR count). The lowest BCUT2D eigenvalue weighted by molar-refractivity contribution is -0.134. The van der Waals surface area contributed by atoms with E-state index in [9.17, 15) is 9.18 Å². The van der Waals surface area contributed by atoms with Gasteiger partial charge in [0.25, 0.3) is 0 Å². The highest BCUT2D eigenvalue weighted by Crippen LogP contribution is 2.29. The van der Waals surface area contributed by atoms with E-state index in [2.05, 4.69) is 13.8 Å². The number of nitrogens with zero attached hydrogens (tertiary/aromatic N) is 1. The Bertz CT molecular complexity index is 515. The third-order valence-electron chi connectivity index (χ3n) is 4.93. The average Bonchev–Trinajstić information content (AvgIpc) is 2.58. The van der Waals surface area contributed by atoms with E-state index in [1.807, 2.05) is 11.8 Å². The molecule has 0 spiro atoms. The third kappa shape index (κ3) is 5.30. The quantitative estimate of drug-likeness (QED) is 0.746. The third-order valence-corrected chi connectivity index (χ3v) is 4.93. The molecular formula is C20H30FNO2. The van der Waals surface area contributed by atoms with Crippen molar-refractivity contribution in [2.75, 3.05) is 26.3 Å². The second-order valence-electron chi connectivity index (χ2n) is 7.11. The Kier molecular flexibility index (Phi) is 7.22. The molecule has 0 radical (unpaired) electrons. The maximum Gasteiger partial charge on any atom is 0.223 e. The van der Waals surface area contributed by atoms with Gasteiger partial charge in [0.05, 0.1) is 6.61 Å². The van der Waals surface area contributed by atoms with E-state index in [-0.39, 0.29) is 17.6 Å². The number of ether oxygens (including phenoxy) is 1. The summed E-state index contributed by atoms with van der Waals surface area (Å²) >= 11 is 0. The van der Waals surface area contributed by atoms with Crippen molar-refractivity contribution in [3.8, 4) is 0 Å². The second kappa shape index (κ2) is 9.16. The van der Waals surface area contributed by atoms with E-state index in [1.165, 1.54) is 12.1 Å². The van der Waals surface area contributed by atoms with Crippen molar-refractivity contribution in [3.05, 3.63) is 35.6 Å². The normalized spacial score (nSPS) is 19.5. The number of piperidine rings is 1. The van der Waals surface area contributed by atoms with E-state index < -0.39 is 0 Å². The first-order valence-corrected chi connectivity index (χ1v) is 9.12. The molecule has 0 aromatic heterocycles. The fourth-order valence-electron chi connectivity index (χ4n) is 3.48. The predicted molar refractivity (Wildman–Crippen MR) is 94.4 cm³/mol. The van der Waals surface area contributed by atoms with Crippen molar-refractivity contribution in [2.45, 2.75) is 46.0 Å². The standard InChI is InChI=1S/C20H30FNO2/c1-4-24-14-16-6-5-11-22(13-16)20(23)12-19(15(2)3)17-7-9-18(21)10-8-17/h7-10,15-16,19H,4-6,11-14H2,1-3H3. The van der Waals surface area contributed by atoms with Crippen LogP contribution in [0.2, 0.25) is 0 Å². The topological polar surface area (TPSA) is 29.5 Å². The van der Waals surface area contributed by atoms with E-state index in [0.29, 0.717) is 18.3 Å². The molecule has 1 aromatic rings. The number of halogens is 1. The zero-order chi connectivity index (χ0) is 17.5. The van der Waals surface area contributed by atoms with E-state index in [0.717, 1.165) is 44.7 Å². The zero-order valence-corrected chi connectivity index (χ0v) is 15.1. The summed E-state index contributed by atoms with van der Waals surface area (Å²) in [7, 11) is 0. The first-order chi connectivity index (χ1) is 11.5. The molecule has 1 saturated heterocycles. The number of amides is 1. The minimum Gasteiger partial charge on any atom is -0.381 e. The maximum absolute atomic E-state index is 13.2. The summed E-state index contributed by atoms with van der Waals surface area (Å²) in [5.41, 5.74) is 1.04. The van der Waals surface area contributed by atoms with Gasteiger partial charge in [-0.25, -0.2) is 4.39 Å². The van der Waals surface area contributed by atoms with Crippen molar-refractivity contribution in [2.24, 2.45) is 11.8 Å². The predicted octanol–water partition coefficient (Wildman–Crippen LogP) is 4.23. The van der Waals surface area contributed by atoms with Gasteiger partial charge in [0.1, 0.15) is 5.82 Å². The molecular weight excluding hydrogens is 305 g/mol. The summed E-state index contributed by atoms with van der Waals surface area (Å²) in [6.07, 6.45) is 2.67. The highest BCUT2D eigenvalue weighted by atomic mass is 19.1. The van der Waals surface area contributed by atoms with Crippen LogP contribution in [0.4, 0.5) is 4.39 Å². The zero-order valence-electron chi connectivity index (χ0n) is 15.1. The van der Waals surface area contributed by atoms with Gasteiger partial charge in [0, 0.05) is 26.1 Å². The number of hydrogen-bond donors (Lipinski definition) is 0. The van der Waals surface area contributed by atoms with Gasteiger partial charge in [-0.2, -0.15) is 0 Å². The average molecular weight is 335 g/mol. The van der Waals surface area contributed by atoms with Gasteiger partial charge in [0.15, 0.2) is 0 Å². The molecule has 2 atom stereocenters. The highest BCUT2D eigenvalue weighted by molar-refractivity contribution is 5.77. The Balaban J connectivity index is 1.98. The molecule has 4 heteroatoms. The molecule has 24 heavy (non-hydrogen) atoms. The molecule has 0 bridgehead atoms. The van der Waals surface area contributed by atoms with Crippen LogP contribution >= 0.6 is 0 Å². The van der Waals surface area contributed by atoms with Gasteiger partial charge in [-0.05, 0) is 55.2 Å². The molecule has 3 nitrogen and oxygen atoms in total. The molecule has 1 aliphatic heterocycles. The number of carbonyl (C=O) groups excluding carboxylic acids is 1. The minimum absolute atomic E-state index is 0.130. The summed E-state index contributed by atoms with van der Waals surface area (Å²) in [5, 5.41) is 0. The Morgan fingerprint density at radius 1 is 1.33 bits per heavy atom. The van der Waals surface area contributed by atoms with Crippen LogP contribution in [0.1, 0.15) is 51.5 Å². The molecule has 1 aromatic carbocycles. The summed E-state index contributed by atoms with van der Waals surface area (Å²) in [4.78, 5) is 14.8. The van der Waals surface area contributed by atoms with Crippen LogP contribution in [0, 0.1) is 17.7 Å². The molecule has 2 unspecified atom stereocenters. The lowest BCUT2D eigenvalue weighted by Crippen LogP contribution is -2.42. The number of carbonyl (C=O) groups is 1. The van der Waals surface area contributed by atoms with Crippen molar-refractivity contribution >= 4 is 5.91 Å². The lowest BCUT2D eigenvalue weighted by Gasteiger charge is -2.34. The van der Waals surface area contributed by atoms with Gasteiger partial charge in [-0.3, -0.25) is 4.79 Å². The fourth-order valence-corrected chi connectivity index (χ4v) is 3.48. The number of hydrogen-bond acceptors (Lipinski definition) is 2. The molecule has 0 saturated carbocycles. The fraction of sp³-hybridized carbons (Fsp3) is 0.650. The second-order valence-corrected chi connectivity index (χ2v) is 7.11. The first kappa shape index (κ1) is 18.9. The lowest BCUT2D eigenvalue weighted by atomic mass is 9.85. The summed E-state index contributed by atoms with van der Waals surface area (Å²) in [6, 6.07) is 6.57. The molecule has 134 valence electrons. The Morgan fingerprint density at radius 3 is 2.67 bits per heavy atom. The molecule has 1 heterocycles. The Hall–Kier alpha value is -1.42. The minimum atomic E-state index is -0.234. The van der Waals surface area contributed by atoms with Crippen LogP contribution in [0.15, 0.2) is 24.3 Å². The van der Waals surface area contributed by atoms with E-state index in [4.69, 9.17) is 4.74 Å². The number of likely N-dealkylation sites (tertiary alicyclic amines) is 1. The summed E-state index contributed by atoms with van der Waals surface area (Å²) < 4.78 is 18.7. The largest absolute Gasteiger partial charge is 0.381 e. The first-order valence-electron chi connectivity index (χ1n) is 9.12. The van der Waals surface area contributed by atoms with E-state index in [1.54, 1.807) is 12.1 Å². The van der Waals surface area contributed by atoms with Gasteiger partial charge < -0.3 is 9.64 Å². The summed E-state index contributed by atoms with van der Waals surface area (Å²) in [5.74, 6) is 0.890. The number of benzene rings is 1. The van der Waals surface area contributed by atoms with Crippen LogP contribution in [0.25, 0.3) is 0 Å². The SMILES string of the molecule is CCOCC1CCCN(C(=O)CC(c2ccc(F)cc2)C(C)C)C1. The van der Waals surface area contributed by atoms with Crippen LogP contribution < -0.4 is 0 Å². The van der Waals surface area contributed by atoms with Crippen molar-refractivity contribution < 1.29 is 13.9 Å². The Labute approximate surface area is 145 Å². The van der Waals surface area contributed by atoms with Crippen molar-refractivity contribution in [1.82, 2.24) is 4.90 Å². The van der Waals surface area contributed by atoms with Gasteiger partial charge in [0.2, 0.25) is 5.91 Å². The summed E-state index contributed by atoms with van der Waals surface area (Å²) in [6.45, 7) is 9.35. The van der Waals surface area contributed by atoms with Gasteiger partial charge >= 0.3 is 0 Å². The maximum atomic E-state index is 13.2. The molecule has 1 amide bonds. The molecule has 0 aliphatic carbocycles. The van der Waals surface area contributed by atoms with Crippen LogP contribution in [-0.2, 0) is 9.53 Å². The van der Waals surface area contributed by atoms with Crippen molar-refractivity contribution in [3.63, 3.8) is 0 Å². The molecule has 1 aliphatic rings. The van der Waals surface area contributed by atoms with Gasteiger partial charge in [-0.15, -0.1) is 0 Å². The van der Waals surface area contributed by atoms with Crippen LogP contribution in [-0.4, -0.2) is 37.1 Å². The van der Waals surface area contributed by atoms with Crippen molar-refractivity contribution in [1.29, 1.82) is 0 Å². The molecule has 1 fully saturated rings. The van der Waals surface area contributed by atoms with Crippen LogP contribution in [0.5, 0.6) is 0 Å². The van der Waals surface area contributed by atoms with Crippen LogP contribution in [0.3, 0.4) is 0 Å². The van der Waals surface area contributed by atoms with Gasteiger partial charge in [-0.1, -0.05) is 26.0 Å². The monoisotopic (exact) mass is 335 g/mol. The number of rotatable bonds is 7.